The fraction of sp³-hybridized carbons (Fsp3) is 0.613. The summed E-state index contributed by atoms with van der Waals surface area (Å²) in [6.07, 6.45) is 9.42. The normalized spacial score (nSPS) is 33.8. The maximum absolute atomic E-state index is 14.5. The van der Waals surface area contributed by atoms with E-state index in [9.17, 15) is 9.18 Å². The van der Waals surface area contributed by atoms with Crippen LogP contribution in [0.2, 0.25) is 0 Å². The van der Waals surface area contributed by atoms with E-state index in [0.29, 0.717) is 50.0 Å². The quantitative estimate of drug-likeness (QED) is 0.302. The first kappa shape index (κ1) is 24.6. The third kappa shape index (κ3) is 3.75. The molecule has 1 amide bonds. The Morgan fingerprint density at radius 3 is 2.48 bits per heavy atom. The number of carbonyl (C=O) groups excluding carboxylic acids is 1. The summed E-state index contributed by atoms with van der Waals surface area (Å²) >= 11 is 0. The number of hydrogen-bond donors (Lipinski definition) is 0. The van der Waals surface area contributed by atoms with Crippen LogP contribution in [0.1, 0.15) is 95.2 Å². The number of alkyl halides is 1. The van der Waals surface area contributed by atoms with Gasteiger partial charge in [-0.05, 0) is 95.1 Å². The Hall–Kier alpha value is -3.23. The van der Waals surface area contributed by atoms with Crippen molar-refractivity contribution < 1.29 is 23.0 Å². The molecule has 0 atom stereocenters. The highest BCUT2D eigenvalue weighted by Crippen LogP contribution is 2.70. The number of halogens is 1. The number of rotatable bonds is 9. The zero-order chi connectivity index (χ0) is 27.2. The number of anilines is 1. The van der Waals surface area contributed by atoms with E-state index in [4.69, 9.17) is 18.8 Å². The molecule has 210 valence electrons. The van der Waals surface area contributed by atoms with Gasteiger partial charge in [-0.1, -0.05) is 22.4 Å². The highest BCUT2D eigenvalue weighted by Gasteiger charge is 2.73. The van der Waals surface area contributed by atoms with Gasteiger partial charge in [0.15, 0.2) is 5.82 Å². The standard InChI is InChI=1S/C31H35FN4O4/c1-2-38-24-15-23(34-39-24)21-4-3-5-22(14-21)36(27(37)30-16-31(32,17-30)18-30)19-28-8-11-29(12-9-28,13-10-28)26-33-25(35-40-26)20-6-7-20/h3-5,14-15,20H,2,6-13,16-19H2,1H3. The molecule has 7 saturated carbocycles. The first-order chi connectivity index (χ1) is 19.3. The van der Waals surface area contributed by atoms with E-state index in [2.05, 4.69) is 10.3 Å². The number of ether oxygens (including phenoxy) is 1. The molecule has 2 aromatic heterocycles. The monoisotopic (exact) mass is 546 g/mol. The van der Waals surface area contributed by atoms with Gasteiger partial charge in [0.25, 0.3) is 0 Å². The van der Waals surface area contributed by atoms with Crippen LogP contribution in [0.5, 0.6) is 5.95 Å². The molecule has 7 fully saturated rings. The Labute approximate surface area is 232 Å². The van der Waals surface area contributed by atoms with Gasteiger partial charge < -0.3 is 18.7 Å². The number of amides is 1. The van der Waals surface area contributed by atoms with Crippen LogP contribution in [0.15, 0.2) is 39.4 Å². The van der Waals surface area contributed by atoms with Gasteiger partial charge in [0.2, 0.25) is 11.8 Å². The molecule has 0 saturated heterocycles. The van der Waals surface area contributed by atoms with E-state index in [1.807, 2.05) is 36.1 Å². The van der Waals surface area contributed by atoms with Crippen LogP contribution in [0, 0.1) is 10.8 Å². The predicted octanol–water partition coefficient (Wildman–Crippen LogP) is 6.52. The molecule has 0 N–H and O–H groups in total. The lowest BCUT2D eigenvalue weighted by Crippen LogP contribution is -2.71. The Morgan fingerprint density at radius 2 is 1.80 bits per heavy atom. The highest BCUT2D eigenvalue weighted by atomic mass is 19.1. The molecule has 2 heterocycles. The third-order valence-electron chi connectivity index (χ3n) is 10.6. The van der Waals surface area contributed by atoms with Gasteiger partial charge >= 0.3 is 5.95 Å². The lowest BCUT2D eigenvalue weighted by atomic mass is 9.41. The van der Waals surface area contributed by atoms with Crippen molar-refractivity contribution >= 4 is 11.6 Å². The summed E-state index contributed by atoms with van der Waals surface area (Å²) in [6, 6.07) is 9.69. The summed E-state index contributed by atoms with van der Waals surface area (Å²) in [4.78, 5) is 20.9. The Balaban J connectivity index is 1.06. The second kappa shape index (κ2) is 8.40. The summed E-state index contributed by atoms with van der Waals surface area (Å²) in [7, 11) is 0. The molecular formula is C31H35FN4O4. The van der Waals surface area contributed by atoms with Crippen molar-refractivity contribution in [3.63, 3.8) is 0 Å². The smallest absolute Gasteiger partial charge is 0.311 e. The summed E-state index contributed by atoms with van der Waals surface area (Å²) in [5.41, 5.74) is 0.675. The van der Waals surface area contributed by atoms with E-state index >= 15 is 0 Å². The SMILES string of the molecule is CCOc1cc(-c2cccc(N(CC34CCC(c5nc(C6CC6)no5)(CC3)CC4)C(=O)C34CC(F)(C3)C4)c2)no1. The largest absolute Gasteiger partial charge is 0.464 e. The molecule has 10 rings (SSSR count). The fourth-order valence-corrected chi connectivity index (χ4v) is 8.01. The highest BCUT2D eigenvalue weighted by molar-refractivity contribution is 6.00. The van der Waals surface area contributed by atoms with Crippen LogP contribution in [0.3, 0.4) is 0 Å². The maximum Gasteiger partial charge on any atom is 0.311 e. The lowest BCUT2D eigenvalue weighted by Gasteiger charge is -2.65. The van der Waals surface area contributed by atoms with Gasteiger partial charge in [0.05, 0.1) is 18.1 Å². The average Bonchev–Trinajstić information content (AvgIpc) is 3.47. The predicted molar refractivity (Wildman–Crippen MR) is 144 cm³/mol. The van der Waals surface area contributed by atoms with Crippen molar-refractivity contribution in [3.05, 3.63) is 42.0 Å². The molecular weight excluding hydrogens is 511 g/mol. The molecule has 3 aromatic rings. The van der Waals surface area contributed by atoms with E-state index in [0.717, 1.165) is 74.3 Å². The van der Waals surface area contributed by atoms with Crippen LogP contribution >= 0.6 is 0 Å². The molecule has 0 aliphatic heterocycles. The first-order valence-corrected chi connectivity index (χ1v) is 14.9. The Morgan fingerprint density at radius 1 is 1.05 bits per heavy atom. The summed E-state index contributed by atoms with van der Waals surface area (Å²) < 4.78 is 31.1. The maximum atomic E-state index is 14.5. The van der Waals surface area contributed by atoms with Gasteiger partial charge in [0, 0.05) is 29.1 Å². The van der Waals surface area contributed by atoms with Gasteiger partial charge in [-0.3, -0.25) is 4.79 Å². The van der Waals surface area contributed by atoms with Crippen molar-refractivity contribution in [1.82, 2.24) is 15.3 Å². The average molecular weight is 547 g/mol. The molecule has 7 aliphatic rings. The molecule has 8 nitrogen and oxygen atoms in total. The van der Waals surface area contributed by atoms with Crippen LogP contribution < -0.4 is 9.64 Å². The van der Waals surface area contributed by atoms with Crippen molar-refractivity contribution in [2.24, 2.45) is 10.8 Å². The van der Waals surface area contributed by atoms with Crippen LogP contribution in [0.25, 0.3) is 11.3 Å². The second-order valence-electron chi connectivity index (χ2n) is 13.4. The molecule has 40 heavy (non-hydrogen) atoms. The third-order valence-corrected chi connectivity index (χ3v) is 10.6. The van der Waals surface area contributed by atoms with Crippen LogP contribution in [-0.2, 0) is 10.2 Å². The van der Waals surface area contributed by atoms with Crippen LogP contribution in [0.4, 0.5) is 10.1 Å². The van der Waals surface area contributed by atoms with E-state index < -0.39 is 11.1 Å². The number of nitrogens with zero attached hydrogens (tertiary/aromatic N) is 4. The van der Waals surface area contributed by atoms with Gasteiger partial charge in [-0.2, -0.15) is 4.98 Å². The van der Waals surface area contributed by atoms with Crippen molar-refractivity contribution in [2.45, 2.75) is 94.6 Å². The number of benzene rings is 1. The molecule has 0 spiro atoms. The molecule has 4 bridgehead atoms. The Bertz CT molecular complexity index is 1430. The van der Waals surface area contributed by atoms with Gasteiger partial charge in [-0.25, -0.2) is 4.39 Å². The van der Waals surface area contributed by atoms with Crippen molar-refractivity contribution in [2.75, 3.05) is 18.1 Å². The molecule has 7 aliphatic carbocycles. The summed E-state index contributed by atoms with van der Waals surface area (Å²) in [5.74, 6) is 2.63. The number of hydrogen-bond acceptors (Lipinski definition) is 7. The van der Waals surface area contributed by atoms with Gasteiger partial charge in [-0.15, -0.1) is 0 Å². The number of carbonyl (C=O) groups is 1. The molecule has 0 unspecified atom stereocenters. The minimum atomic E-state index is -1.13. The van der Waals surface area contributed by atoms with Crippen molar-refractivity contribution in [1.29, 1.82) is 0 Å². The molecule has 0 radical (unpaired) electrons. The summed E-state index contributed by atoms with van der Waals surface area (Å²) in [5, 5.41) is 8.48. The van der Waals surface area contributed by atoms with Gasteiger partial charge in [0.1, 0.15) is 11.4 Å². The fourth-order valence-electron chi connectivity index (χ4n) is 8.01. The zero-order valence-corrected chi connectivity index (χ0v) is 23.0. The van der Waals surface area contributed by atoms with E-state index in [-0.39, 0.29) is 16.7 Å². The summed E-state index contributed by atoms with van der Waals surface area (Å²) in [6.45, 7) is 3.03. The number of aromatic nitrogens is 3. The molecule has 9 heteroatoms. The second-order valence-corrected chi connectivity index (χ2v) is 13.4. The van der Waals surface area contributed by atoms with Crippen LogP contribution in [-0.4, -0.2) is 40.0 Å². The minimum Gasteiger partial charge on any atom is -0.464 e. The number of fused-ring (bicyclic) bond motifs is 3. The first-order valence-electron chi connectivity index (χ1n) is 14.9. The lowest BCUT2D eigenvalue weighted by molar-refractivity contribution is -0.211. The Kier molecular flexibility index (Phi) is 5.15. The van der Waals surface area contributed by atoms with E-state index in [1.165, 1.54) is 0 Å². The van der Waals surface area contributed by atoms with E-state index in [1.54, 1.807) is 6.07 Å². The zero-order valence-electron chi connectivity index (χ0n) is 23.0. The topological polar surface area (TPSA) is 94.5 Å². The minimum absolute atomic E-state index is 0.0275. The molecule has 1 aromatic carbocycles. The van der Waals surface area contributed by atoms with Crippen molar-refractivity contribution in [3.8, 4) is 17.2 Å².